The molecule has 6 rings (SSSR count). The van der Waals surface area contributed by atoms with Gasteiger partial charge < -0.3 is 4.74 Å². The zero-order valence-electron chi connectivity index (χ0n) is 27.4. The maximum absolute atomic E-state index is 15.4. The zero-order valence-corrected chi connectivity index (χ0v) is 27.4. The molecule has 4 bridgehead atoms. The molecule has 5 fully saturated rings. The van der Waals surface area contributed by atoms with Crippen molar-refractivity contribution in [3.05, 3.63) is 70.8 Å². The second kappa shape index (κ2) is 10.3. The Morgan fingerprint density at radius 1 is 0.837 bits per heavy atom. The van der Waals surface area contributed by atoms with E-state index >= 15 is 14.4 Å². The summed E-state index contributed by atoms with van der Waals surface area (Å²) >= 11 is 0. The Morgan fingerprint density at radius 3 is 2.00 bits per heavy atom. The molecule has 0 aromatic heterocycles. The number of benzene rings is 1. The summed E-state index contributed by atoms with van der Waals surface area (Å²) in [4.78, 5) is 60.4. The van der Waals surface area contributed by atoms with E-state index < -0.39 is 50.5 Å². The summed E-state index contributed by atoms with van der Waals surface area (Å²) in [6.45, 7) is 17.9. The maximum Gasteiger partial charge on any atom is 0.184 e. The Labute approximate surface area is 257 Å². The molecule has 4 saturated carbocycles. The predicted octanol–water partition coefficient (Wildman–Crippen LogP) is 7.84. The van der Waals surface area contributed by atoms with Gasteiger partial charge in [-0.15, -0.1) is 0 Å². The Balaban J connectivity index is 1.75. The largest absolute Gasteiger partial charge is 0.366 e. The van der Waals surface area contributed by atoms with Crippen molar-refractivity contribution in [1.82, 2.24) is 0 Å². The molecule has 230 valence electrons. The third kappa shape index (κ3) is 4.28. The molecule has 1 aromatic rings. The Bertz CT molecular complexity index is 1460. The number of hydrogen-bond donors (Lipinski definition) is 0. The number of rotatable bonds is 10. The van der Waals surface area contributed by atoms with Gasteiger partial charge in [0.1, 0.15) is 0 Å². The monoisotopic (exact) mass is 584 g/mol. The highest BCUT2D eigenvalue weighted by Gasteiger charge is 2.88. The molecule has 5 heteroatoms. The van der Waals surface area contributed by atoms with Crippen molar-refractivity contribution in [3.63, 3.8) is 0 Å². The van der Waals surface area contributed by atoms with Gasteiger partial charge in [0.2, 0.25) is 0 Å². The minimum atomic E-state index is -1.94. The van der Waals surface area contributed by atoms with Gasteiger partial charge in [0.15, 0.2) is 28.5 Å². The maximum atomic E-state index is 15.4. The second-order valence-corrected chi connectivity index (χ2v) is 15.2. The third-order valence-corrected chi connectivity index (χ3v) is 11.3. The average Bonchev–Trinajstić information content (AvgIpc) is 3.57. The van der Waals surface area contributed by atoms with E-state index in [9.17, 15) is 4.79 Å². The molecule has 5 nitrogen and oxygen atoms in total. The van der Waals surface area contributed by atoms with Crippen molar-refractivity contribution in [1.29, 1.82) is 0 Å². The molecule has 4 aliphatic carbocycles. The fourth-order valence-corrected chi connectivity index (χ4v) is 8.90. The van der Waals surface area contributed by atoms with Crippen LogP contribution < -0.4 is 0 Å². The molecule has 43 heavy (non-hydrogen) atoms. The van der Waals surface area contributed by atoms with Crippen molar-refractivity contribution < 1.29 is 23.9 Å². The Hall–Kier alpha value is -2.92. The van der Waals surface area contributed by atoms with Crippen molar-refractivity contribution in [2.24, 2.45) is 33.5 Å². The standard InChI is InChI=1S/C38H48O5/c1-23(2)14-13-15-25(5)19-20-36-22-27-28(30-35(8,9)43-30)37(31(36)40,21-18-24(3)4)33(42)38(32(36)41,34(27,6)7)29(39)26-16-11-10-12-17-26/h10-12,14,16-19,27-28,30H,13,15,20-22H2,1-9H3. The highest BCUT2D eigenvalue weighted by Crippen LogP contribution is 2.77. The van der Waals surface area contributed by atoms with E-state index in [0.717, 1.165) is 24.0 Å². The van der Waals surface area contributed by atoms with Crippen molar-refractivity contribution in [2.75, 3.05) is 0 Å². The third-order valence-electron chi connectivity index (χ3n) is 11.3. The van der Waals surface area contributed by atoms with Crippen LogP contribution in [-0.4, -0.2) is 34.8 Å². The van der Waals surface area contributed by atoms with E-state index in [-0.39, 0.29) is 30.6 Å². The summed E-state index contributed by atoms with van der Waals surface area (Å²) in [5.74, 6) is -2.38. The number of epoxide rings is 1. The molecule has 0 N–H and O–H groups in total. The first-order valence-electron chi connectivity index (χ1n) is 15.9. The molecule has 1 heterocycles. The smallest absolute Gasteiger partial charge is 0.184 e. The van der Waals surface area contributed by atoms with Crippen molar-refractivity contribution in [3.8, 4) is 0 Å². The van der Waals surface area contributed by atoms with Gasteiger partial charge >= 0.3 is 0 Å². The van der Waals surface area contributed by atoms with Gasteiger partial charge in [-0.2, -0.15) is 0 Å². The van der Waals surface area contributed by atoms with E-state index in [1.165, 1.54) is 5.57 Å². The zero-order chi connectivity index (χ0) is 31.8. The first-order chi connectivity index (χ1) is 20.0. The number of carbonyl (C=O) groups is 4. The van der Waals surface area contributed by atoms with Gasteiger partial charge in [0.05, 0.1) is 22.5 Å². The van der Waals surface area contributed by atoms with Crippen LogP contribution in [0.3, 0.4) is 0 Å². The number of hydrogen-bond acceptors (Lipinski definition) is 5. The van der Waals surface area contributed by atoms with Crippen molar-refractivity contribution >= 4 is 23.1 Å². The lowest BCUT2D eigenvalue weighted by molar-refractivity contribution is -0.215. The molecule has 1 aromatic carbocycles. The molecular formula is C38H48O5. The van der Waals surface area contributed by atoms with Crippen LogP contribution in [0.15, 0.2) is 65.3 Å². The van der Waals surface area contributed by atoms with Gasteiger partial charge in [0.25, 0.3) is 0 Å². The average molecular weight is 585 g/mol. The van der Waals surface area contributed by atoms with E-state index in [2.05, 4.69) is 19.9 Å². The number of ether oxygens (including phenoxy) is 1. The van der Waals surface area contributed by atoms with Gasteiger partial charge in [-0.1, -0.05) is 79.1 Å². The van der Waals surface area contributed by atoms with Crippen LogP contribution >= 0.6 is 0 Å². The minimum Gasteiger partial charge on any atom is -0.366 e. The minimum absolute atomic E-state index is 0.183. The lowest BCUT2D eigenvalue weighted by atomic mass is 9.26. The topological polar surface area (TPSA) is 80.8 Å². The second-order valence-electron chi connectivity index (χ2n) is 15.2. The normalized spacial score (nSPS) is 35.1. The molecule has 6 atom stereocenters. The lowest BCUT2D eigenvalue weighted by Crippen LogP contribution is -2.84. The molecule has 0 amide bonds. The van der Waals surface area contributed by atoms with E-state index in [1.54, 1.807) is 24.3 Å². The number of Topliss-reactive ketones (excluding diaryl/α,β-unsaturated/α-hetero) is 4. The summed E-state index contributed by atoms with van der Waals surface area (Å²) in [5, 5.41) is 0. The first kappa shape index (κ1) is 31.5. The van der Waals surface area contributed by atoms with Crippen LogP contribution in [0, 0.1) is 33.5 Å². The summed E-state index contributed by atoms with van der Waals surface area (Å²) < 4.78 is 6.24. The lowest BCUT2D eigenvalue weighted by Gasteiger charge is -2.71. The summed E-state index contributed by atoms with van der Waals surface area (Å²) in [6, 6.07) is 8.71. The molecule has 0 spiro atoms. The predicted molar refractivity (Wildman–Crippen MR) is 169 cm³/mol. The highest BCUT2D eigenvalue weighted by molar-refractivity contribution is 6.42. The summed E-state index contributed by atoms with van der Waals surface area (Å²) in [7, 11) is 0. The van der Waals surface area contributed by atoms with Crippen LogP contribution in [0.5, 0.6) is 0 Å². The highest BCUT2D eigenvalue weighted by atomic mass is 16.6. The Kier molecular flexibility index (Phi) is 7.57. The van der Waals surface area contributed by atoms with Crippen LogP contribution in [-0.2, 0) is 19.1 Å². The van der Waals surface area contributed by atoms with E-state index in [4.69, 9.17) is 4.74 Å². The van der Waals surface area contributed by atoms with E-state index in [0.29, 0.717) is 12.0 Å². The first-order valence-corrected chi connectivity index (χ1v) is 15.9. The number of allylic oxidation sites excluding steroid dienone is 6. The van der Waals surface area contributed by atoms with E-state index in [1.807, 2.05) is 66.7 Å². The molecule has 0 radical (unpaired) electrons. The van der Waals surface area contributed by atoms with Gasteiger partial charge in [-0.05, 0) is 91.9 Å². The number of carbonyl (C=O) groups excluding carboxylic acids is 4. The molecule has 1 saturated heterocycles. The van der Waals surface area contributed by atoms with Crippen LogP contribution in [0.4, 0.5) is 0 Å². The van der Waals surface area contributed by atoms with Gasteiger partial charge in [-0.25, -0.2) is 0 Å². The van der Waals surface area contributed by atoms with Crippen LogP contribution in [0.2, 0.25) is 0 Å². The quantitative estimate of drug-likeness (QED) is 0.121. The fourth-order valence-electron chi connectivity index (χ4n) is 8.90. The van der Waals surface area contributed by atoms with Crippen LogP contribution in [0.1, 0.15) is 105 Å². The molecule has 5 aliphatic rings. The number of ketones is 4. The van der Waals surface area contributed by atoms with Crippen molar-refractivity contribution in [2.45, 2.75) is 106 Å². The molecular weight excluding hydrogens is 536 g/mol. The van der Waals surface area contributed by atoms with Crippen LogP contribution in [0.25, 0.3) is 0 Å². The SMILES string of the molecule is CC(C)=CCCC(C)=CCC12CC3C(C4OC4(C)C)C(CC=C(C)C)(C1=O)C(=O)C(C(=O)c1ccccc1)(C2=O)C3(C)C. The molecule has 1 aliphatic heterocycles. The Morgan fingerprint density at radius 2 is 1.44 bits per heavy atom. The van der Waals surface area contributed by atoms with Gasteiger partial charge in [-0.3, -0.25) is 19.2 Å². The summed E-state index contributed by atoms with van der Waals surface area (Å²) in [6.07, 6.45) is 8.31. The molecule has 6 unspecified atom stereocenters. The fraction of sp³-hybridized carbons (Fsp3) is 0.579. The summed E-state index contributed by atoms with van der Waals surface area (Å²) in [5.41, 5.74) is -2.68. The van der Waals surface area contributed by atoms with Gasteiger partial charge in [0, 0.05) is 11.5 Å².